The number of anilines is 1. The van der Waals surface area contributed by atoms with Gasteiger partial charge in [0.25, 0.3) is 5.91 Å². The predicted octanol–water partition coefficient (Wildman–Crippen LogP) is 5.99. The summed E-state index contributed by atoms with van der Waals surface area (Å²) in [5, 5.41) is 11.9. The van der Waals surface area contributed by atoms with Gasteiger partial charge < -0.3 is 10.1 Å². The third kappa shape index (κ3) is 5.93. The molecule has 0 aliphatic rings. The summed E-state index contributed by atoms with van der Waals surface area (Å²) in [6.07, 6.45) is 3.79. The Labute approximate surface area is 187 Å². The molecule has 4 nitrogen and oxygen atoms in total. The van der Waals surface area contributed by atoms with Crippen LogP contribution in [0.2, 0.25) is 0 Å². The molecule has 0 aliphatic carbocycles. The maximum Gasteiger partial charge on any atom is 0.266 e. The molecule has 0 fully saturated rings. The van der Waals surface area contributed by atoms with Crippen LogP contribution in [0.5, 0.6) is 5.75 Å². The first-order valence-corrected chi connectivity index (χ1v) is 10.1. The van der Waals surface area contributed by atoms with Crippen LogP contribution in [0.4, 0.5) is 10.1 Å². The molecule has 5 heteroatoms. The number of nitriles is 1. The molecule has 0 aromatic heterocycles. The molecule has 0 bridgehead atoms. The van der Waals surface area contributed by atoms with Crippen LogP contribution < -0.4 is 10.1 Å². The van der Waals surface area contributed by atoms with Crippen molar-refractivity contribution < 1.29 is 13.9 Å². The lowest BCUT2D eigenvalue weighted by Crippen LogP contribution is -2.14. The molecule has 3 rings (SSSR count). The van der Waals surface area contributed by atoms with Gasteiger partial charge in [0.2, 0.25) is 0 Å². The van der Waals surface area contributed by atoms with Crippen LogP contribution in [-0.4, -0.2) is 5.91 Å². The largest absolute Gasteiger partial charge is 0.489 e. The van der Waals surface area contributed by atoms with Crippen LogP contribution in [0.3, 0.4) is 0 Å². The summed E-state index contributed by atoms with van der Waals surface area (Å²) in [5.74, 6) is -0.541. The molecule has 1 amide bonds. The van der Waals surface area contributed by atoms with Crippen molar-refractivity contribution in [3.05, 3.63) is 113 Å². The van der Waals surface area contributed by atoms with E-state index < -0.39 is 11.7 Å². The monoisotopic (exact) mass is 426 g/mol. The van der Waals surface area contributed by atoms with Crippen molar-refractivity contribution >= 4 is 17.7 Å². The average molecular weight is 426 g/mol. The second kappa shape index (κ2) is 10.7. The van der Waals surface area contributed by atoms with E-state index in [1.807, 2.05) is 49.4 Å². The smallest absolute Gasteiger partial charge is 0.266 e. The molecule has 160 valence electrons. The van der Waals surface area contributed by atoms with Crippen molar-refractivity contribution in [1.29, 1.82) is 5.26 Å². The van der Waals surface area contributed by atoms with Gasteiger partial charge in [0.1, 0.15) is 29.8 Å². The number of allylic oxidation sites excluding steroid dienone is 1. The highest BCUT2D eigenvalue weighted by Gasteiger charge is 2.12. The SMILES string of the molecule is C=CCc1cc(/C=C(/C#N)C(=O)Nc2ccccc2F)ccc1OCc1ccc(C)cc1. The minimum atomic E-state index is -0.678. The molecular formula is C27H23FN2O2. The zero-order valence-electron chi connectivity index (χ0n) is 17.8. The summed E-state index contributed by atoms with van der Waals surface area (Å²) in [7, 11) is 0. The molecule has 0 unspecified atom stereocenters. The first-order valence-electron chi connectivity index (χ1n) is 10.1. The van der Waals surface area contributed by atoms with E-state index in [0.717, 1.165) is 11.1 Å². The fourth-order valence-electron chi connectivity index (χ4n) is 3.06. The lowest BCUT2D eigenvalue weighted by molar-refractivity contribution is -0.112. The molecule has 3 aromatic carbocycles. The standard InChI is InChI=1S/C27H23FN2O2/c1-3-6-22-15-21(13-14-26(22)32-18-20-11-9-19(2)10-12-20)16-23(17-29)27(31)30-25-8-5-4-7-24(25)28/h3-5,7-16H,1,6,18H2,2H3,(H,30,31)/b23-16-. The number of aryl methyl sites for hydroxylation is 1. The molecule has 0 saturated carbocycles. The fourth-order valence-corrected chi connectivity index (χ4v) is 3.06. The molecule has 0 heterocycles. The molecule has 3 aromatic rings. The Morgan fingerprint density at radius 1 is 1.16 bits per heavy atom. The number of halogens is 1. The minimum Gasteiger partial charge on any atom is -0.489 e. The Balaban J connectivity index is 1.79. The first-order chi connectivity index (χ1) is 15.5. The highest BCUT2D eigenvalue weighted by atomic mass is 19.1. The summed E-state index contributed by atoms with van der Waals surface area (Å²) >= 11 is 0. The number of hydrogen-bond donors (Lipinski definition) is 1. The normalized spacial score (nSPS) is 10.8. The number of amides is 1. The second-order valence-corrected chi connectivity index (χ2v) is 7.24. The fraction of sp³-hybridized carbons (Fsp3) is 0.111. The van der Waals surface area contributed by atoms with Gasteiger partial charge >= 0.3 is 0 Å². The number of rotatable bonds is 8. The van der Waals surface area contributed by atoms with Crippen molar-refractivity contribution in [2.24, 2.45) is 0 Å². The van der Waals surface area contributed by atoms with E-state index >= 15 is 0 Å². The van der Waals surface area contributed by atoms with Crippen LogP contribution in [0.1, 0.15) is 22.3 Å². The Morgan fingerprint density at radius 3 is 2.59 bits per heavy atom. The van der Waals surface area contributed by atoms with Gasteiger partial charge in [-0.15, -0.1) is 6.58 Å². The van der Waals surface area contributed by atoms with Crippen LogP contribution in [0.25, 0.3) is 6.08 Å². The molecule has 0 spiro atoms. The van der Waals surface area contributed by atoms with Gasteiger partial charge in [0, 0.05) is 0 Å². The Bertz CT molecular complexity index is 1190. The maximum absolute atomic E-state index is 13.8. The van der Waals surface area contributed by atoms with Crippen LogP contribution in [-0.2, 0) is 17.8 Å². The maximum atomic E-state index is 13.8. The molecule has 0 aliphatic heterocycles. The van der Waals surface area contributed by atoms with E-state index in [1.54, 1.807) is 18.2 Å². The van der Waals surface area contributed by atoms with Crippen molar-refractivity contribution in [2.45, 2.75) is 20.0 Å². The van der Waals surface area contributed by atoms with Gasteiger partial charge in [0.15, 0.2) is 0 Å². The van der Waals surface area contributed by atoms with Gasteiger partial charge in [-0.05, 0) is 60.4 Å². The Kier molecular flexibility index (Phi) is 7.55. The topological polar surface area (TPSA) is 62.1 Å². The number of benzene rings is 3. The quantitative estimate of drug-likeness (QED) is 0.273. The van der Waals surface area contributed by atoms with E-state index in [4.69, 9.17) is 4.74 Å². The highest BCUT2D eigenvalue weighted by Crippen LogP contribution is 2.24. The van der Waals surface area contributed by atoms with Gasteiger partial charge in [-0.3, -0.25) is 4.79 Å². The number of para-hydroxylation sites is 1. The van der Waals surface area contributed by atoms with Gasteiger partial charge in [-0.2, -0.15) is 5.26 Å². The molecule has 0 atom stereocenters. The molecule has 0 radical (unpaired) electrons. The minimum absolute atomic E-state index is 0.0193. The average Bonchev–Trinajstić information content (AvgIpc) is 2.79. The molecule has 1 N–H and O–H groups in total. The zero-order valence-corrected chi connectivity index (χ0v) is 17.8. The number of ether oxygens (including phenoxy) is 1. The summed E-state index contributed by atoms with van der Waals surface area (Å²) in [4.78, 5) is 12.5. The van der Waals surface area contributed by atoms with Crippen molar-refractivity contribution in [1.82, 2.24) is 0 Å². The van der Waals surface area contributed by atoms with E-state index in [9.17, 15) is 14.4 Å². The Hall–Kier alpha value is -4.17. The second-order valence-electron chi connectivity index (χ2n) is 7.24. The number of nitrogens with one attached hydrogen (secondary N) is 1. The van der Waals surface area contributed by atoms with Crippen LogP contribution >= 0.6 is 0 Å². The molecule has 0 saturated heterocycles. The van der Waals surface area contributed by atoms with Crippen molar-refractivity contribution in [3.63, 3.8) is 0 Å². The van der Waals surface area contributed by atoms with Crippen molar-refractivity contribution in [2.75, 3.05) is 5.32 Å². The third-order valence-electron chi connectivity index (χ3n) is 4.76. The van der Waals surface area contributed by atoms with E-state index in [1.165, 1.54) is 29.8 Å². The first kappa shape index (κ1) is 22.5. The number of carbonyl (C=O) groups is 1. The summed E-state index contributed by atoms with van der Waals surface area (Å²) in [6.45, 7) is 6.25. The highest BCUT2D eigenvalue weighted by molar-refractivity contribution is 6.09. The lowest BCUT2D eigenvalue weighted by atomic mass is 10.0. The van der Waals surface area contributed by atoms with E-state index in [2.05, 4.69) is 11.9 Å². The van der Waals surface area contributed by atoms with Gasteiger partial charge in [-0.1, -0.05) is 54.1 Å². The third-order valence-corrected chi connectivity index (χ3v) is 4.76. The molecule has 32 heavy (non-hydrogen) atoms. The lowest BCUT2D eigenvalue weighted by Gasteiger charge is -2.12. The number of nitrogens with zero attached hydrogens (tertiary/aromatic N) is 1. The summed E-state index contributed by atoms with van der Waals surface area (Å²) < 4.78 is 19.8. The predicted molar refractivity (Wildman–Crippen MR) is 124 cm³/mol. The summed E-state index contributed by atoms with van der Waals surface area (Å²) in [6, 6.07) is 21.2. The number of hydrogen-bond acceptors (Lipinski definition) is 3. The van der Waals surface area contributed by atoms with E-state index in [0.29, 0.717) is 24.3 Å². The zero-order chi connectivity index (χ0) is 22.9. The van der Waals surface area contributed by atoms with Crippen molar-refractivity contribution in [3.8, 4) is 11.8 Å². The summed E-state index contributed by atoms with van der Waals surface area (Å²) in [5.41, 5.74) is 3.67. The van der Waals surface area contributed by atoms with Gasteiger partial charge in [0.05, 0.1) is 5.69 Å². The number of carbonyl (C=O) groups excluding carboxylic acids is 1. The Morgan fingerprint density at radius 2 is 1.91 bits per heavy atom. The van der Waals surface area contributed by atoms with Crippen LogP contribution in [0, 0.1) is 24.1 Å². The molecular weight excluding hydrogens is 403 g/mol. The van der Waals surface area contributed by atoms with Gasteiger partial charge in [-0.25, -0.2) is 4.39 Å². The van der Waals surface area contributed by atoms with E-state index in [-0.39, 0.29) is 11.3 Å². The van der Waals surface area contributed by atoms with Crippen LogP contribution in [0.15, 0.2) is 85.0 Å².